The molecule has 5 nitrogen and oxygen atoms in total. The lowest BCUT2D eigenvalue weighted by atomic mass is 10.2. The lowest BCUT2D eigenvalue weighted by Crippen LogP contribution is -2.15. The minimum atomic E-state index is -0.219. The number of carbonyl (C=O) groups is 1. The number of nitrogens with two attached hydrogens (primary N) is 1. The highest BCUT2D eigenvalue weighted by molar-refractivity contribution is 6.02. The number of aromatic nitrogens is 2. The van der Waals surface area contributed by atoms with Crippen molar-refractivity contribution in [1.29, 1.82) is 0 Å². The molecule has 0 unspecified atom stereocenters. The van der Waals surface area contributed by atoms with E-state index < -0.39 is 0 Å². The summed E-state index contributed by atoms with van der Waals surface area (Å²) in [6.07, 6.45) is 3.87. The van der Waals surface area contributed by atoms with Gasteiger partial charge in [0, 0.05) is 24.3 Å². The topological polar surface area (TPSA) is 80.9 Å². The Morgan fingerprint density at radius 2 is 2.20 bits per heavy atom. The molecule has 3 N–H and O–H groups in total. The van der Waals surface area contributed by atoms with Crippen molar-refractivity contribution in [2.24, 2.45) is 5.73 Å². The number of amides is 1. The molecule has 1 heterocycles. The number of hydrogen-bond acceptors (Lipinski definition) is 4. The second-order valence-corrected chi connectivity index (χ2v) is 4.93. The molecule has 0 radical (unpaired) electrons. The lowest BCUT2D eigenvalue weighted by Gasteiger charge is -2.07. The zero-order valence-electron chi connectivity index (χ0n) is 11.0. The Hall–Kier alpha value is -2.27. The normalized spacial score (nSPS) is 14.1. The summed E-state index contributed by atoms with van der Waals surface area (Å²) in [5.41, 5.74) is 7.69. The maximum atomic E-state index is 12.2. The summed E-state index contributed by atoms with van der Waals surface area (Å²) in [7, 11) is 0. The number of hydrogen-bond donors (Lipinski definition) is 2. The highest BCUT2D eigenvalue weighted by Gasteiger charge is 2.27. The van der Waals surface area contributed by atoms with E-state index in [-0.39, 0.29) is 5.91 Å². The molecule has 1 saturated carbocycles. The van der Waals surface area contributed by atoms with Crippen molar-refractivity contribution in [2.45, 2.75) is 25.3 Å². The standard InChI is InChI=1S/C15H16N4O/c16-9-10-2-1-3-12(8-10)18-15(20)13-6-7-17-14(19-13)11-4-5-11/h1-3,6-8,11H,4-5,9,16H2,(H,18,20). The molecule has 1 aromatic carbocycles. The van der Waals surface area contributed by atoms with Crippen LogP contribution in [-0.4, -0.2) is 15.9 Å². The minimum absolute atomic E-state index is 0.219. The summed E-state index contributed by atoms with van der Waals surface area (Å²) < 4.78 is 0. The fourth-order valence-electron chi connectivity index (χ4n) is 2.01. The van der Waals surface area contributed by atoms with Gasteiger partial charge in [-0.15, -0.1) is 0 Å². The molecule has 0 atom stereocenters. The molecule has 1 aliphatic carbocycles. The van der Waals surface area contributed by atoms with Crippen LogP contribution in [0.3, 0.4) is 0 Å². The Kier molecular flexibility index (Phi) is 3.43. The number of anilines is 1. The van der Waals surface area contributed by atoms with Crippen molar-refractivity contribution < 1.29 is 4.79 Å². The fraction of sp³-hybridized carbons (Fsp3) is 0.267. The molecule has 0 bridgehead atoms. The first-order valence-corrected chi connectivity index (χ1v) is 6.69. The molecule has 1 amide bonds. The third-order valence-corrected chi connectivity index (χ3v) is 3.27. The molecule has 2 aromatic rings. The van der Waals surface area contributed by atoms with Gasteiger partial charge in [-0.05, 0) is 36.6 Å². The predicted octanol–water partition coefficient (Wildman–Crippen LogP) is 2.06. The molecule has 1 aliphatic rings. The molecule has 1 fully saturated rings. The quantitative estimate of drug-likeness (QED) is 0.889. The SMILES string of the molecule is NCc1cccc(NC(=O)c2ccnc(C3CC3)n2)c1. The predicted molar refractivity (Wildman–Crippen MR) is 76.3 cm³/mol. The molecule has 3 rings (SSSR count). The number of nitrogens with one attached hydrogen (secondary N) is 1. The Morgan fingerprint density at radius 3 is 2.95 bits per heavy atom. The largest absolute Gasteiger partial charge is 0.326 e. The van der Waals surface area contributed by atoms with Gasteiger partial charge >= 0.3 is 0 Å². The highest BCUT2D eigenvalue weighted by atomic mass is 16.1. The van der Waals surface area contributed by atoms with Gasteiger partial charge in [-0.3, -0.25) is 4.79 Å². The number of benzene rings is 1. The number of rotatable bonds is 4. The van der Waals surface area contributed by atoms with Crippen LogP contribution in [0.25, 0.3) is 0 Å². The average molecular weight is 268 g/mol. The maximum Gasteiger partial charge on any atom is 0.274 e. The summed E-state index contributed by atoms with van der Waals surface area (Å²) >= 11 is 0. The summed E-state index contributed by atoms with van der Waals surface area (Å²) in [5.74, 6) is 0.986. The van der Waals surface area contributed by atoms with Gasteiger partial charge in [0.25, 0.3) is 5.91 Å². The van der Waals surface area contributed by atoms with Gasteiger partial charge in [-0.2, -0.15) is 0 Å². The molecule has 102 valence electrons. The number of carbonyl (C=O) groups excluding carboxylic acids is 1. The van der Waals surface area contributed by atoms with Crippen LogP contribution in [0.15, 0.2) is 36.5 Å². The lowest BCUT2D eigenvalue weighted by molar-refractivity contribution is 0.102. The van der Waals surface area contributed by atoms with Gasteiger partial charge in [0.15, 0.2) is 0 Å². The third kappa shape index (κ3) is 2.83. The molecular formula is C15H16N4O. The molecular weight excluding hydrogens is 252 g/mol. The van der Waals surface area contributed by atoms with E-state index in [4.69, 9.17) is 5.73 Å². The van der Waals surface area contributed by atoms with Crippen LogP contribution in [0.4, 0.5) is 5.69 Å². The van der Waals surface area contributed by atoms with Crippen LogP contribution in [0, 0.1) is 0 Å². The zero-order valence-corrected chi connectivity index (χ0v) is 11.0. The van der Waals surface area contributed by atoms with E-state index in [2.05, 4.69) is 15.3 Å². The van der Waals surface area contributed by atoms with Gasteiger partial charge < -0.3 is 11.1 Å². The van der Waals surface area contributed by atoms with Crippen molar-refractivity contribution >= 4 is 11.6 Å². The van der Waals surface area contributed by atoms with E-state index in [1.165, 1.54) is 0 Å². The van der Waals surface area contributed by atoms with E-state index in [1.807, 2.05) is 24.3 Å². The van der Waals surface area contributed by atoms with E-state index in [0.717, 1.165) is 29.9 Å². The molecule has 1 aromatic heterocycles. The summed E-state index contributed by atoms with van der Waals surface area (Å²) in [6, 6.07) is 9.12. The first-order valence-electron chi connectivity index (χ1n) is 6.69. The Balaban J connectivity index is 1.76. The molecule has 0 spiro atoms. The van der Waals surface area contributed by atoms with Crippen LogP contribution in [0.2, 0.25) is 0 Å². The molecule has 0 aliphatic heterocycles. The summed E-state index contributed by atoms with van der Waals surface area (Å²) in [6.45, 7) is 0.447. The van der Waals surface area contributed by atoms with Crippen LogP contribution in [0.1, 0.15) is 40.6 Å². The highest BCUT2D eigenvalue weighted by Crippen LogP contribution is 2.37. The fourth-order valence-corrected chi connectivity index (χ4v) is 2.01. The average Bonchev–Trinajstić information content (AvgIpc) is 3.32. The Morgan fingerprint density at radius 1 is 1.35 bits per heavy atom. The third-order valence-electron chi connectivity index (χ3n) is 3.27. The second kappa shape index (κ2) is 5.38. The number of nitrogens with zero attached hydrogens (tertiary/aromatic N) is 2. The second-order valence-electron chi connectivity index (χ2n) is 4.93. The van der Waals surface area contributed by atoms with Crippen molar-refractivity contribution in [3.8, 4) is 0 Å². The molecule has 5 heteroatoms. The monoisotopic (exact) mass is 268 g/mol. The van der Waals surface area contributed by atoms with Crippen molar-refractivity contribution in [2.75, 3.05) is 5.32 Å². The Bertz CT molecular complexity index is 637. The smallest absolute Gasteiger partial charge is 0.274 e. The first-order chi connectivity index (χ1) is 9.76. The van der Waals surface area contributed by atoms with Crippen molar-refractivity contribution in [1.82, 2.24) is 9.97 Å². The van der Waals surface area contributed by atoms with Crippen LogP contribution in [0.5, 0.6) is 0 Å². The molecule has 0 saturated heterocycles. The van der Waals surface area contributed by atoms with Gasteiger partial charge in [0.05, 0.1) is 0 Å². The van der Waals surface area contributed by atoms with Crippen LogP contribution in [-0.2, 0) is 6.54 Å². The van der Waals surface area contributed by atoms with Gasteiger partial charge in [0.2, 0.25) is 0 Å². The Labute approximate surface area is 117 Å². The van der Waals surface area contributed by atoms with Crippen molar-refractivity contribution in [3.05, 3.63) is 53.6 Å². The van der Waals surface area contributed by atoms with E-state index >= 15 is 0 Å². The first kappa shape index (κ1) is 12.7. The van der Waals surface area contributed by atoms with Gasteiger partial charge in [-0.25, -0.2) is 9.97 Å². The van der Waals surface area contributed by atoms with Crippen LogP contribution >= 0.6 is 0 Å². The minimum Gasteiger partial charge on any atom is -0.326 e. The van der Waals surface area contributed by atoms with E-state index in [0.29, 0.717) is 18.2 Å². The zero-order chi connectivity index (χ0) is 13.9. The summed E-state index contributed by atoms with van der Waals surface area (Å²) in [4.78, 5) is 20.7. The van der Waals surface area contributed by atoms with Crippen molar-refractivity contribution in [3.63, 3.8) is 0 Å². The summed E-state index contributed by atoms with van der Waals surface area (Å²) in [5, 5.41) is 2.83. The van der Waals surface area contributed by atoms with E-state index in [1.54, 1.807) is 12.3 Å². The maximum absolute atomic E-state index is 12.2. The van der Waals surface area contributed by atoms with Gasteiger partial charge in [0.1, 0.15) is 11.5 Å². The van der Waals surface area contributed by atoms with Crippen LogP contribution < -0.4 is 11.1 Å². The molecule has 20 heavy (non-hydrogen) atoms. The van der Waals surface area contributed by atoms with E-state index in [9.17, 15) is 4.79 Å². The van der Waals surface area contributed by atoms with Gasteiger partial charge in [-0.1, -0.05) is 12.1 Å².